The summed E-state index contributed by atoms with van der Waals surface area (Å²) >= 11 is 0. The van der Waals surface area contributed by atoms with E-state index in [1.54, 1.807) is 19.3 Å². The average Bonchev–Trinajstić information content (AvgIpc) is 2.63. The van der Waals surface area contributed by atoms with Crippen LogP contribution in [0.15, 0.2) is 43.0 Å². The maximum atomic E-state index is 12.2. The van der Waals surface area contributed by atoms with Gasteiger partial charge in [0.05, 0.1) is 13.7 Å². The van der Waals surface area contributed by atoms with Crippen LogP contribution in [0.1, 0.15) is 16.2 Å². The minimum atomic E-state index is -0.273. The van der Waals surface area contributed by atoms with E-state index in [-0.39, 0.29) is 5.91 Å². The van der Waals surface area contributed by atoms with Crippen molar-refractivity contribution in [1.29, 1.82) is 0 Å². The molecule has 0 aliphatic carbocycles. The molecule has 0 fully saturated rings. The van der Waals surface area contributed by atoms with Crippen molar-refractivity contribution < 1.29 is 14.3 Å². The standard InChI is InChI=1S/C18H22N4O3/c1-4-9-20-18-21-13(2)12-16(22-18)17(23)19-10-11-25-15-7-5-14(24-3)6-8-15/h4-8,12H,1,9-11H2,2-3H3,(H,19,23)(H,20,21,22). The molecule has 0 aliphatic heterocycles. The van der Waals surface area contributed by atoms with E-state index >= 15 is 0 Å². The average molecular weight is 342 g/mol. The van der Waals surface area contributed by atoms with Crippen molar-refractivity contribution in [1.82, 2.24) is 15.3 Å². The molecule has 0 spiro atoms. The third-order valence-corrected chi connectivity index (χ3v) is 3.21. The molecule has 2 N–H and O–H groups in total. The highest BCUT2D eigenvalue weighted by atomic mass is 16.5. The second kappa shape index (κ2) is 9.27. The SMILES string of the molecule is C=CCNc1nc(C)cc(C(=O)NCCOc2ccc(OC)cc2)n1. The van der Waals surface area contributed by atoms with Gasteiger partial charge in [0.1, 0.15) is 23.8 Å². The molecule has 132 valence electrons. The Bertz CT molecular complexity index is 717. The second-order valence-corrected chi connectivity index (χ2v) is 5.17. The zero-order valence-electron chi connectivity index (χ0n) is 14.4. The van der Waals surface area contributed by atoms with E-state index in [9.17, 15) is 4.79 Å². The number of hydrogen-bond donors (Lipinski definition) is 2. The maximum Gasteiger partial charge on any atom is 0.270 e. The molecule has 1 amide bonds. The maximum absolute atomic E-state index is 12.2. The first-order valence-corrected chi connectivity index (χ1v) is 7.88. The lowest BCUT2D eigenvalue weighted by Gasteiger charge is -2.09. The zero-order chi connectivity index (χ0) is 18.1. The Morgan fingerprint density at radius 3 is 2.64 bits per heavy atom. The highest BCUT2D eigenvalue weighted by Crippen LogP contribution is 2.16. The summed E-state index contributed by atoms with van der Waals surface area (Å²) in [6.45, 7) is 6.68. The van der Waals surface area contributed by atoms with Gasteiger partial charge in [0, 0.05) is 12.2 Å². The molecule has 25 heavy (non-hydrogen) atoms. The first kappa shape index (κ1) is 18.3. The van der Waals surface area contributed by atoms with Gasteiger partial charge in [0.25, 0.3) is 5.91 Å². The molecule has 0 aliphatic rings. The van der Waals surface area contributed by atoms with Gasteiger partial charge < -0.3 is 20.1 Å². The number of hydrogen-bond acceptors (Lipinski definition) is 6. The first-order chi connectivity index (χ1) is 12.1. The molecular weight excluding hydrogens is 320 g/mol. The molecule has 0 saturated heterocycles. The number of nitrogens with one attached hydrogen (secondary N) is 2. The Morgan fingerprint density at radius 2 is 1.96 bits per heavy atom. The number of rotatable bonds is 9. The lowest BCUT2D eigenvalue weighted by molar-refractivity contribution is 0.0942. The van der Waals surface area contributed by atoms with Crippen molar-refractivity contribution in [3.63, 3.8) is 0 Å². The highest BCUT2D eigenvalue weighted by molar-refractivity contribution is 5.92. The Balaban J connectivity index is 1.83. The van der Waals surface area contributed by atoms with Crippen molar-refractivity contribution >= 4 is 11.9 Å². The minimum absolute atomic E-state index is 0.273. The van der Waals surface area contributed by atoms with Gasteiger partial charge in [-0.25, -0.2) is 9.97 Å². The minimum Gasteiger partial charge on any atom is -0.497 e. The van der Waals surface area contributed by atoms with E-state index in [0.717, 1.165) is 5.75 Å². The summed E-state index contributed by atoms with van der Waals surface area (Å²) in [4.78, 5) is 20.6. The Labute approximate surface area is 147 Å². The van der Waals surface area contributed by atoms with Crippen molar-refractivity contribution in [2.24, 2.45) is 0 Å². The van der Waals surface area contributed by atoms with Crippen molar-refractivity contribution in [3.05, 3.63) is 54.4 Å². The summed E-state index contributed by atoms with van der Waals surface area (Å²) in [7, 11) is 1.61. The van der Waals surface area contributed by atoms with E-state index in [2.05, 4.69) is 27.2 Å². The van der Waals surface area contributed by atoms with Crippen LogP contribution in [-0.4, -0.2) is 42.7 Å². The summed E-state index contributed by atoms with van der Waals surface area (Å²) in [6, 6.07) is 8.89. The Kier molecular flexibility index (Phi) is 6.76. The third-order valence-electron chi connectivity index (χ3n) is 3.21. The molecule has 0 saturated carbocycles. The van der Waals surface area contributed by atoms with E-state index in [4.69, 9.17) is 9.47 Å². The molecule has 0 bridgehead atoms. The molecule has 2 aromatic rings. The number of methoxy groups -OCH3 is 1. The van der Waals surface area contributed by atoms with Gasteiger partial charge in [0.15, 0.2) is 0 Å². The quantitative estimate of drug-likeness (QED) is 0.537. The molecule has 1 aromatic heterocycles. The van der Waals surface area contributed by atoms with E-state index in [1.807, 2.05) is 31.2 Å². The van der Waals surface area contributed by atoms with Crippen LogP contribution in [0.25, 0.3) is 0 Å². The van der Waals surface area contributed by atoms with Crippen molar-refractivity contribution in [2.75, 3.05) is 32.1 Å². The van der Waals surface area contributed by atoms with Crippen molar-refractivity contribution in [2.45, 2.75) is 6.92 Å². The van der Waals surface area contributed by atoms with Gasteiger partial charge in [-0.3, -0.25) is 4.79 Å². The number of carbonyl (C=O) groups is 1. The van der Waals surface area contributed by atoms with E-state index < -0.39 is 0 Å². The number of aryl methyl sites for hydroxylation is 1. The van der Waals surface area contributed by atoms with Crippen LogP contribution < -0.4 is 20.1 Å². The summed E-state index contributed by atoms with van der Waals surface area (Å²) in [6.07, 6.45) is 1.70. The molecule has 7 heteroatoms. The smallest absolute Gasteiger partial charge is 0.270 e. The van der Waals surface area contributed by atoms with Gasteiger partial charge in [-0.15, -0.1) is 6.58 Å². The molecular formula is C18H22N4O3. The van der Waals surface area contributed by atoms with Crippen LogP contribution in [0.2, 0.25) is 0 Å². The lowest BCUT2D eigenvalue weighted by Crippen LogP contribution is -2.29. The molecule has 1 heterocycles. The number of carbonyl (C=O) groups excluding carboxylic acids is 1. The van der Waals surface area contributed by atoms with Crippen LogP contribution in [0.3, 0.4) is 0 Å². The predicted molar refractivity (Wildman–Crippen MR) is 96.3 cm³/mol. The van der Waals surface area contributed by atoms with Gasteiger partial charge in [-0.1, -0.05) is 6.08 Å². The van der Waals surface area contributed by atoms with E-state index in [0.29, 0.717) is 42.8 Å². The monoisotopic (exact) mass is 342 g/mol. The van der Waals surface area contributed by atoms with E-state index in [1.165, 1.54) is 0 Å². The number of nitrogens with zero attached hydrogens (tertiary/aromatic N) is 2. The summed E-state index contributed by atoms with van der Waals surface area (Å²) in [5.41, 5.74) is 1.02. The summed E-state index contributed by atoms with van der Waals surface area (Å²) in [5.74, 6) is 1.61. The summed E-state index contributed by atoms with van der Waals surface area (Å²) in [5, 5.41) is 5.75. The fourth-order valence-corrected chi connectivity index (χ4v) is 2.02. The van der Waals surface area contributed by atoms with Crippen molar-refractivity contribution in [3.8, 4) is 11.5 Å². The molecule has 0 unspecified atom stereocenters. The number of anilines is 1. The fourth-order valence-electron chi connectivity index (χ4n) is 2.02. The fraction of sp³-hybridized carbons (Fsp3) is 0.278. The highest BCUT2D eigenvalue weighted by Gasteiger charge is 2.10. The third kappa shape index (κ3) is 5.80. The molecule has 7 nitrogen and oxygen atoms in total. The Morgan fingerprint density at radius 1 is 1.24 bits per heavy atom. The molecule has 1 aromatic carbocycles. The molecule has 0 atom stereocenters. The normalized spacial score (nSPS) is 10.0. The first-order valence-electron chi connectivity index (χ1n) is 7.88. The largest absolute Gasteiger partial charge is 0.497 e. The lowest BCUT2D eigenvalue weighted by atomic mass is 10.3. The van der Waals surface area contributed by atoms with Crippen LogP contribution in [0.5, 0.6) is 11.5 Å². The van der Waals surface area contributed by atoms with Gasteiger partial charge >= 0.3 is 0 Å². The van der Waals surface area contributed by atoms with Crippen LogP contribution in [-0.2, 0) is 0 Å². The molecule has 2 rings (SSSR count). The number of ether oxygens (including phenoxy) is 2. The zero-order valence-corrected chi connectivity index (χ0v) is 14.4. The Hall–Kier alpha value is -3.09. The molecule has 0 radical (unpaired) electrons. The van der Waals surface area contributed by atoms with Gasteiger partial charge in [0.2, 0.25) is 5.95 Å². The number of amides is 1. The summed E-state index contributed by atoms with van der Waals surface area (Å²) < 4.78 is 10.6. The van der Waals surface area contributed by atoms with Crippen LogP contribution in [0.4, 0.5) is 5.95 Å². The number of benzene rings is 1. The van der Waals surface area contributed by atoms with Gasteiger partial charge in [-0.2, -0.15) is 0 Å². The van der Waals surface area contributed by atoms with Crippen LogP contribution in [0, 0.1) is 6.92 Å². The topological polar surface area (TPSA) is 85.4 Å². The predicted octanol–water partition coefficient (Wildman–Crippen LogP) is 2.20. The van der Waals surface area contributed by atoms with Crippen LogP contribution >= 0.6 is 0 Å². The number of aromatic nitrogens is 2. The second-order valence-electron chi connectivity index (χ2n) is 5.17. The van der Waals surface area contributed by atoms with Gasteiger partial charge in [-0.05, 0) is 37.3 Å².